The molecule has 68 heavy (non-hydrogen) atoms. The Hall–Kier alpha value is -0.800. The van der Waals surface area contributed by atoms with Crippen LogP contribution in [-0.4, -0.2) is 214 Å². The fourth-order valence-electron chi connectivity index (χ4n) is 15.7. The predicted octanol–water partition coefficient (Wildman–Crippen LogP) is -1.84. The van der Waals surface area contributed by atoms with Crippen LogP contribution in [0.4, 0.5) is 0 Å². The number of fused-ring (bicyclic) bond motifs is 5. The molecule has 8 rings (SSSR count). The molecular formula is C48H82O20. The molecule has 28 atom stereocenters. The van der Waals surface area contributed by atoms with Crippen LogP contribution in [-0.2, 0) is 33.2 Å². The third-order valence-electron chi connectivity index (χ3n) is 19.6. The Bertz CT molecular complexity index is 1760. The topological polar surface area (TPSA) is 328 Å². The van der Waals surface area contributed by atoms with Gasteiger partial charge in [-0.15, -0.1) is 0 Å². The van der Waals surface area contributed by atoms with Gasteiger partial charge in [0.25, 0.3) is 0 Å². The van der Waals surface area contributed by atoms with Crippen molar-refractivity contribution in [2.75, 3.05) is 19.8 Å². The third kappa shape index (κ3) is 8.37. The van der Waals surface area contributed by atoms with Gasteiger partial charge in [0.2, 0.25) is 0 Å². The normalized spacial score (nSPS) is 57.6. The van der Waals surface area contributed by atoms with Gasteiger partial charge in [-0.3, -0.25) is 0 Å². The molecule has 0 spiro atoms. The molecule has 0 aromatic carbocycles. The summed E-state index contributed by atoms with van der Waals surface area (Å²) in [5.41, 5.74) is -3.95. The van der Waals surface area contributed by atoms with Crippen molar-refractivity contribution in [1.82, 2.24) is 0 Å². The first-order valence-electron chi connectivity index (χ1n) is 24.9. The van der Waals surface area contributed by atoms with Gasteiger partial charge < -0.3 is 99.5 Å². The number of ether oxygens (including phenoxy) is 7. The summed E-state index contributed by atoms with van der Waals surface area (Å²) in [5.74, 6) is -0.331. The van der Waals surface area contributed by atoms with E-state index in [4.69, 9.17) is 33.2 Å². The zero-order valence-corrected chi connectivity index (χ0v) is 40.7. The Morgan fingerprint density at radius 3 is 1.76 bits per heavy atom. The second kappa shape index (κ2) is 18.8. The molecule has 0 amide bonds. The zero-order valence-electron chi connectivity index (χ0n) is 40.7. The van der Waals surface area contributed by atoms with E-state index < -0.39 is 152 Å². The van der Waals surface area contributed by atoms with Gasteiger partial charge in [-0.1, -0.05) is 27.7 Å². The molecular weight excluding hydrogens is 897 g/mol. The van der Waals surface area contributed by atoms with E-state index in [-0.39, 0.29) is 41.1 Å². The standard InChI is InChI=1S/C48H82O20/c1-20-30(54)33(57)35(59)40(62-20)67-38-37(66-41-36(60)34(58)31(55)24(17-49)63-41)32(56)25(18-50)64-42(38)65-28-11-12-44(4)26(45(28,5)19-51)10-14-46(6)27(44)15-22(52)29-21(9-13-47(29,46)7)48(8)16-23(53)39(68-48)43(2,3)61/h20-42,49-61H,9-19H2,1-8H3/t20-,21-,22+,23-,24+,25+,26-,27+,28-,29-,30-,31+,32+,33+,34-,35+,36+,37-,38+,39-,40-,41-,42-,44-,45-,46+,47+,48-/m0/s1. The number of rotatable bonds is 11. The van der Waals surface area contributed by atoms with Gasteiger partial charge >= 0.3 is 0 Å². The minimum Gasteiger partial charge on any atom is -0.396 e. The van der Waals surface area contributed by atoms with Gasteiger partial charge in [0.15, 0.2) is 18.9 Å². The summed E-state index contributed by atoms with van der Waals surface area (Å²) in [4.78, 5) is 0. The van der Waals surface area contributed by atoms with Crippen LogP contribution in [0.5, 0.6) is 0 Å². The highest BCUT2D eigenvalue weighted by atomic mass is 16.8. The maximum Gasteiger partial charge on any atom is 0.187 e. The minimum absolute atomic E-state index is 0.0172. The fraction of sp³-hybridized carbons (Fsp3) is 1.00. The Balaban J connectivity index is 1.08. The van der Waals surface area contributed by atoms with E-state index in [1.54, 1.807) is 13.8 Å². The first-order chi connectivity index (χ1) is 31.6. The SMILES string of the molecule is C[C@@H]1O[C@@H](O[C@H]2[C@H](O[C@H]3CC[C@@]4(C)[C@H](CC[C@]5(C)[C@@H]4C[C@@H](O)[C@@H]4[C@@H]([C@]6(C)C[C@H](O)[C@@H](C(C)(C)O)O6)CC[C@]45C)[C@]3(C)CO)O[C@H](CO)[C@@H](O)[C@@H]2O[C@@H]2O[C@H](CO)[C@@H](O)[C@H](O)[C@H]2O)[C@H](O)[C@H](O)[C@H]1O. The van der Waals surface area contributed by atoms with Crippen molar-refractivity contribution in [1.29, 1.82) is 0 Å². The summed E-state index contributed by atoms with van der Waals surface area (Å²) in [7, 11) is 0. The first kappa shape index (κ1) is 53.5. The molecule has 20 nitrogen and oxygen atoms in total. The van der Waals surface area contributed by atoms with Crippen LogP contribution in [0.1, 0.15) is 107 Å². The first-order valence-corrected chi connectivity index (χ1v) is 24.9. The van der Waals surface area contributed by atoms with Crippen molar-refractivity contribution in [3.05, 3.63) is 0 Å². The van der Waals surface area contributed by atoms with Gasteiger partial charge in [0, 0.05) is 11.8 Å². The molecule has 0 unspecified atom stereocenters. The van der Waals surface area contributed by atoms with Crippen LogP contribution in [0.15, 0.2) is 0 Å². The molecule has 4 saturated heterocycles. The summed E-state index contributed by atoms with van der Waals surface area (Å²) in [6, 6.07) is 0. The van der Waals surface area contributed by atoms with Crippen LogP contribution >= 0.6 is 0 Å². The lowest BCUT2D eigenvalue weighted by atomic mass is 9.35. The molecule has 0 radical (unpaired) electrons. The Morgan fingerprint density at radius 1 is 0.588 bits per heavy atom. The smallest absolute Gasteiger partial charge is 0.187 e. The summed E-state index contributed by atoms with van der Waals surface area (Å²) in [6.07, 6.45) is -22.7. The number of aliphatic hydroxyl groups is 13. The quantitative estimate of drug-likeness (QED) is 0.101. The van der Waals surface area contributed by atoms with E-state index in [0.717, 1.165) is 19.3 Å². The molecule has 8 fully saturated rings. The lowest BCUT2D eigenvalue weighted by Crippen LogP contribution is -2.69. The van der Waals surface area contributed by atoms with E-state index in [9.17, 15) is 66.4 Å². The van der Waals surface area contributed by atoms with Crippen LogP contribution in [0, 0.1) is 45.3 Å². The average Bonchev–Trinajstić information content (AvgIpc) is 3.83. The fourth-order valence-corrected chi connectivity index (χ4v) is 15.7. The summed E-state index contributed by atoms with van der Waals surface area (Å²) in [5, 5.41) is 143. The molecule has 20 heteroatoms. The number of hydrogen-bond donors (Lipinski definition) is 13. The highest BCUT2D eigenvalue weighted by Crippen LogP contribution is 2.76. The monoisotopic (exact) mass is 979 g/mol. The van der Waals surface area contributed by atoms with Crippen molar-refractivity contribution < 1.29 is 99.5 Å². The third-order valence-corrected chi connectivity index (χ3v) is 19.6. The highest BCUT2D eigenvalue weighted by molar-refractivity contribution is 5.21. The molecule has 4 aliphatic carbocycles. The van der Waals surface area contributed by atoms with E-state index in [0.29, 0.717) is 32.1 Å². The highest BCUT2D eigenvalue weighted by Gasteiger charge is 2.73. The van der Waals surface area contributed by atoms with Crippen molar-refractivity contribution in [2.24, 2.45) is 45.3 Å². The summed E-state index contributed by atoms with van der Waals surface area (Å²) < 4.78 is 43.7. The van der Waals surface area contributed by atoms with E-state index in [2.05, 4.69) is 20.8 Å². The largest absolute Gasteiger partial charge is 0.396 e. The van der Waals surface area contributed by atoms with Gasteiger partial charge in [0.1, 0.15) is 73.2 Å². The van der Waals surface area contributed by atoms with Crippen LogP contribution in [0.3, 0.4) is 0 Å². The molecule has 4 heterocycles. The Kier molecular flexibility index (Phi) is 14.8. The van der Waals surface area contributed by atoms with Crippen molar-refractivity contribution in [3.63, 3.8) is 0 Å². The maximum absolute atomic E-state index is 12.5. The van der Waals surface area contributed by atoms with Gasteiger partial charge in [0.05, 0.1) is 55.4 Å². The van der Waals surface area contributed by atoms with Crippen molar-refractivity contribution in [3.8, 4) is 0 Å². The molecule has 4 aliphatic heterocycles. The van der Waals surface area contributed by atoms with Crippen LogP contribution < -0.4 is 0 Å². The van der Waals surface area contributed by atoms with Crippen LogP contribution in [0.2, 0.25) is 0 Å². The second-order valence-electron chi connectivity index (χ2n) is 23.9. The lowest BCUT2D eigenvalue weighted by Gasteiger charge is -2.71. The van der Waals surface area contributed by atoms with Gasteiger partial charge in [-0.25, -0.2) is 0 Å². The second-order valence-corrected chi connectivity index (χ2v) is 23.9. The van der Waals surface area contributed by atoms with Crippen molar-refractivity contribution in [2.45, 2.75) is 234 Å². The van der Waals surface area contributed by atoms with Crippen molar-refractivity contribution >= 4 is 0 Å². The maximum atomic E-state index is 12.5. The minimum atomic E-state index is -1.92. The zero-order chi connectivity index (χ0) is 50.0. The summed E-state index contributed by atoms with van der Waals surface area (Å²) >= 11 is 0. The van der Waals surface area contributed by atoms with Gasteiger partial charge in [-0.05, 0) is 113 Å². The predicted molar refractivity (Wildman–Crippen MR) is 234 cm³/mol. The summed E-state index contributed by atoms with van der Waals surface area (Å²) in [6.45, 7) is 13.7. The van der Waals surface area contributed by atoms with E-state index >= 15 is 0 Å². The Labute approximate surface area is 398 Å². The van der Waals surface area contributed by atoms with Crippen LogP contribution in [0.25, 0.3) is 0 Å². The average molecular weight is 979 g/mol. The molecule has 8 aliphatic rings. The molecule has 0 bridgehead atoms. The molecule has 13 N–H and O–H groups in total. The molecule has 0 aromatic heterocycles. The molecule has 4 saturated carbocycles. The van der Waals surface area contributed by atoms with Gasteiger partial charge in [-0.2, -0.15) is 0 Å². The number of hydrogen-bond acceptors (Lipinski definition) is 20. The van der Waals surface area contributed by atoms with E-state index in [1.165, 1.54) is 6.92 Å². The Morgan fingerprint density at radius 2 is 1.16 bits per heavy atom. The lowest BCUT2D eigenvalue weighted by molar-refractivity contribution is -0.399. The number of aliphatic hydroxyl groups excluding tert-OH is 12. The molecule has 394 valence electrons. The van der Waals surface area contributed by atoms with E-state index in [1.807, 2.05) is 13.8 Å². The molecule has 0 aromatic rings.